The Bertz CT molecular complexity index is 906. The summed E-state index contributed by atoms with van der Waals surface area (Å²) in [5.74, 6) is 0.459. The van der Waals surface area contributed by atoms with Gasteiger partial charge in [-0.2, -0.15) is 5.10 Å². The lowest BCUT2D eigenvalue weighted by Crippen LogP contribution is -2.07. The summed E-state index contributed by atoms with van der Waals surface area (Å²) < 4.78 is 7.13. The number of hydrogen-bond donors (Lipinski definition) is 2. The van der Waals surface area contributed by atoms with Crippen LogP contribution in [0.5, 0.6) is 5.75 Å². The summed E-state index contributed by atoms with van der Waals surface area (Å²) in [5, 5.41) is 11.1. The molecule has 0 atom stereocenters. The van der Waals surface area contributed by atoms with E-state index in [1.807, 2.05) is 48.8 Å². The van der Waals surface area contributed by atoms with Crippen LogP contribution in [0.15, 0.2) is 54.9 Å². The van der Waals surface area contributed by atoms with Crippen molar-refractivity contribution >= 4 is 28.9 Å². The van der Waals surface area contributed by atoms with Gasteiger partial charge in [0.05, 0.1) is 24.7 Å². The van der Waals surface area contributed by atoms with Crippen molar-refractivity contribution < 1.29 is 9.53 Å². The third kappa shape index (κ3) is 4.34. The van der Waals surface area contributed by atoms with Crippen LogP contribution < -0.4 is 15.4 Å². The molecular weight excluding hydrogens is 352 g/mol. The van der Waals surface area contributed by atoms with Gasteiger partial charge in [0.15, 0.2) is 0 Å². The summed E-state index contributed by atoms with van der Waals surface area (Å²) >= 11 is 5.91. The van der Waals surface area contributed by atoms with Crippen molar-refractivity contribution in [1.29, 1.82) is 0 Å². The Morgan fingerprint density at radius 3 is 2.69 bits per heavy atom. The zero-order valence-electron chi connectivity index (χ0n) is 14.5. The van der Waals surface area contributed by atoms with Crippen molar-refractivity contribution in [2.24, 2.45) is 0 Å². The molecule has 0 aliphatic rings. The van der Waals surface area contributed by atoms with E-state index in [9.17, 15) is 4.79 Å². The molecule has 1 aromatic heterocycles. The maximum atomic E-state index is 11.2. The van der Waals surface area contributed by atoms with Gasteiger partial charge in [0.25, 0.3) is 0 Å². The number of hydrogen-bond acceptors (Lipinski definition) is 4. The van der Waals surface area contributed by atoms with Gasteiger partial charge in [-0.1, -0.05) is 11.6 Å². The average Bonchev–Trinajstić information content (AvgIpc) is 3.10. The van der Waals surface area contributed by atoms with E-state index in [4.69, 9.17) is 16.3 Å². The van der Waals surface area contributed by atoms with Crippen LogP contribution in [0.1, 0.15) is 12.5 Å². The van der Waals surface area contributed by atoms with E-state index in [1.54, 1.807) is 17.9 Å². The van der Waals surface area contributed by atoms with Crippen LogP contribution in [0, 0.1) is 0 Å². The Morgan fingerprint density at radius 1 is 1.23 bits per heavy atom. The normalized spacial score (nSPS) is 10.4. The van der Waals surface area contributed by atoms with Crippen LogP contribution in [0.25, 0.3) is 5.69 Å². The number of halogens is 1. The molecule has 0 aliphatic heterocycles. The van der Waals surface area contributed by atoms with E-state index in [1.165, 1.54) is 6.92 Å². The summed E-state index contributed by atoms with van der Waals surface area (Å²) in [4.78, 5) is 11.2. The fraction of sp³-hybridized carbons (Fsp3) is 0.158. The summed E-state index contributed by atoms with van der Waals surface area (Å²) in [6.07, 6.45) is 3.77. The van der Waals surface area contributed by atoms with E-state index in [-0.39, 0.29) is 5.91 Å². The van der Waals surface area contributed by atoms with Gasteiger partial charge < -0.3 is 15.4 Å². The highest BCUT2D eigenvalue weighted by atomic mass is 35.5. The number of benzene rings is 2. The zero-order chi connectivity index (χ0) is 18.5. The second kappa shape index (κ2) is 7.93. The standard InChI is InChI=1S/C19H19ClN4O2/c1-13(25)23-18-8-5-16(9-19(18)26-2)21-10-14-11-22-24(12-14)17-6-3-15(20)4-7-17/h3-9,11-12,21H,10H2,1-2H3,(H,23,25). The number of carbonyl (C=O) groups is 1. The quantitative estimate of drug-likeness (QED) is 0.685. The third-order valence-corrected chi connectivity index (χ3v) is 3.99. The summed E-state index contributed by atoms with van der Waals surface area (Å²) in [6.45, 7) is 2.07. The van der Waals surface area contributed by atoms with Gasteiger partial charge >= 0.3 is 0 Å². The largest absolute Gasteiger partial charge is 0.494 e. The highest BCUT2D eigenvalue weighted by Crippen LogP contribution is 2.28. The first-order valence-electron chi connectivity index (χ1n) is 8.04. The number of rotatable bonds is 6. The van der Waals surface area contributed by atoms with E-state index in [2.05, 4.69) is 15.7 Å². The number of methoxy groups -OCH3 is 1. The zero-order valence-corrected chi connectivity index (χ0v) is 15.2. The second-order valence-electron chi connectivity index (χ2n) is 5.72. The number of amides is 1. The van der Waals surface area contributed by atoms with Crippen LogP contribution in [-0.4, -0.2) is 22.8 Å². The molecule has 0 bridgehead atoms. The summed E-state index contributed by atoms with van der Waals surface area (Å²) in [6, 6.07) is 13.0. The molecule has 0 saturated heterocycles. The van der Waals surface area contributed by atoms with E-state index in [0.29, 0.717) is 23.0 Å². The first-order chi connectivity index (χ1) is 12.5. The van der Waals surface area contributed by atoms with Crippen LogP contribution in [0.3, 0.4) is 0 Å². The summed E-state index contributed by atoms with van der Waals surface area (Å²) in [5.41, 5.74) is 3.50. The van der Waals surface area contributed by atoms with E-state index >= 15 is 0 Å². The molecule has 0 spiro atoms. The molecule has 3 rings (SSSR count). The molecule has 26 heavy (non-hydrogen) atoms. The van der Waals surface area contributed by atoms with Gasteiger partial charge in [-0.05, 0) is 36.4 Å². The van der Waals surface area contributed by atoms with Gasteiger partial charge in [-0.3, -0.25) is 4.79 Å². The molecule has 0 aliphatic carbocycles. The molecule has 1 amide bonds. The van der Waals surface area contributed by atoms with Crippen molar-refractivity contribution in [3.8, 4) is 11.4 Å². The topological polar surface area (TPSA) is 68.2 Å². The average molecular weight is 371 g/mol. The van der Waals surface area contributed by atoms with Crippen molar-refractivity contribution in [2.45, 2.75) is 13.5 Å². The predicted molar refractivity (Wildman–Crippen MR) is 103 cm³/mol. The highest BCUT2D eigenvalue weighted by molar-refractivity contribution is 6.30. The molecule has 2 N–H and O–H groups in total. The monoisotopic (exact) mass is 370 g/mol. The van der Waals surface area contributed by atoms with Crippen molar-refractivity contribution in [1.82, 2.24) is 9.78 Å². The lowest BCUT2D eigenvalue weighted by molar-refractivity contribution is -0.114. The molecule has 0 unspecified atom stereocenters. The second-order valence-corrected chi connectivity index (χ2v) is 6.16. The fourth-order valence-corrected chi connectivity index (χ4v) is 2.61. The molecule has 0 saturated carbocycles. The van der Waals surface area contributed by atoms with E-state index < -0.39 is 0 Å². The Balaban J connectivity index is 1.67. The molecule has 1 heterocycles. The minimum Gasteiger partial charge on any atom is -0.494 e. The first kappa shape index (κ1) is 17.8. The molecule has 0 fully saturated rings. The smallest absolute Gasteiger partial charge is 0.221 e. The van der Waals surface area contributed by atoms with Crippen LogP contribution in [0.2, 0.25) is 5.02 Å². The third-order valence-electron chi connectivity index (χ3n) is 3.74. The van der Waals surface area contributed by atoms with Crippen molar-refractivity contribution in [2.75, 3.05) is 17.7 Å². The predicted octanol–water partition coefficient (Wildman–Crippen LogP) is 4.10. The molecule has 2 aromatic carbocycles. The van der Waals surface area contributed by atoms with Crippen molar-refractivity contribution in [3.63, 3.8) is 0 Å². The number of anilines is 2. The first-order valence-corrected chi connectivity index (χ1v) is 8.42. The fourth-order valence-electron chi connectivity index (χ4n) is 2.48. The minimum absolute atomic E-state index is 0.140. The number of aromatic nitrogens is 2. The lowest BCUT2D eigenvalue weighted by atomic mass is 10.2. The molecule has 134 valence electrons. The molecule has 0 radical (unpaired) electrons. The maximum absolute atomic E-state index is 11.2. The minimum atomic E-state index is -0.140. The number of ether oxygens (including phenoxy) is 1. The summed E-state index contributed by atoms with van der Waals surface area (Å²) in [7, 11) is 1.57. The Morgan fingerprint density at radius 2 is 2.00 bits per heavy atom. The van der Waals surface area contributed by atoms with Gasteiger partial charge in [0, 0.05) is 42.0 Å². The lowest BCUT2D eigenvalue weighted by Gasteiger charge is -2.12. The number of carbonyl (C=O) groups excluding carboxylic acids is 1. The maximum Gasteiger partial charge on any atom is 0.221 e. The molecular formula is C19H19ClN4O2. The Kier molecular flexibility index (Phi) is 5.43. The SMILES string of the molecule is COc1cc(NCc2cnn(-c3ccc(Cl)cc3)c2)ccc1NC(C)=O. The Hall–Kier alpha value is -2.99. The molecule has 6 nitrogen and oxygen atoms in total. The molecule has 3 aromatic rings. The number of nitrogens with zero attached hydrogens (tertiary/aromatic N) is 2. The van der Waals surface area contributed by atoms with Gasteiger partial charge in [0.2, 0.25) is 5.91 Å². The van der Waals surface area contributed by atoms with Crippen molar-refractivity contribution in [3.05, 3.63) is 65.4 Å². The molecule has 7 heteroatoms. The van der Waals surface area contributed by atoms with Crippen LogP contribution >= 0.6 is 11.6 Å². The highest BCUT2D eigenvalue weighted by Gasteiger charge is 2.07. The van der Waals surface area contributed by atoms with Gasteiger partial charge in [-0.25, -0.2) is 4.68 Å². The van der Waals surface area contributed by atoms with Crippen LogP contribution in [0.4, 0.5) is 11.4 Å². The van der Waals surface area contributed by atoms with E-state index in [0.717, 1.165) is 16.9 Å². The number of nitrogens with one attached hydrogen (secondary N) is 2. The van der Waals surface area contributed by atoms with Gasteiger partial charge in [-0.15, -0.1) is 0 Å². The van der Waals surface area contributed by atoms with Gasteiger partial charge in [0.1, 0.15) is 5.75 Å². The van der Waals surface area contributed by atoms with Crippen LogP contribution in [-0.2, 0) is 11.3 Å². The Labute approximate surface area is 156 Å².